The lowest BCUT2D eigenvalue weighted by Gasteiger charge is -2.40. The van der Waals surface area contributed by atoms with Gasteiger partial charge in [-0.05, 0) is 41.5 Å². The summed E-state index contributed by atoms with van der Waals surface area (Å²) in [5.41, 5.74) is 3.89. The second-order valence-electron chi connectivity index (χ2n) is 8.21. The summed E-state index contributed by atoms with van der Waals surface area (Å²) in [7, 11) is 0. The van der Waals surface area contributed by atoms with E-state index in [0.717, 1.165) is 24.3 Å². The van der Waals surface area contributed by atoms with E-state index in [0.29, 0.717) is 24.9 Å². The van der Waals surface area contributed by atoms with Crippen LogP contribution in [0.25, 0.3) is 0 Å². The molecule has 0 unspecified atom stereocenters. The molecular formula is C25H24N4O2. The molecule has 31 heavy (non-hydrogen) atoms. The van der Waals surface area contributed by atoms with Gasteiger partial charge in [0.15, 0.2) is 0 Å². The molecule has 1 aromatic heterocycles. The van der Waals surface area contributed by atoms with Crippen LogP contribution in [0.1, 0.15) is 33.3 Å². The van der Waals surface area contributed by atoms with Crippen LogP contribution in [-0.2, 0) is 0 Å². The Kier molecular flexibility index (Phi) is 5.12. The van der Waals surface area contributed by atoms with Crippen molar-refractivity contribution >= 4 is 17.6 Å². The van der Waals surface area contributed by atoms with Gasteiger partial charge in [0.1, 0.15) is 0 Å². The van der Waals surface area contributed by atoms with Crippen LogP contribution in [0.2, 0.25) is 0 Å². The molecule has 3 aromatic rings. The van der Waals surface area contributed by atoms with Gasteiger partial charge in [-0.25, -0.2) is 4.79 Å². The molecule has 6 nitrogen and oxygen atoms in total. The van der Waals surface area contributed by atoms with E-state index in [1.165, 1.54) is 11.1 Å². The van der Waals surface area contributed by atoms with E-state index in [1.54, 1.807) is 6.20 Å². The molecule has 3 heterocycles. The zero-order chi connectivity index (χ0) is 21.2. The normalized spacial score (nSPS) is 16.4. The number of amides is 3. The van der Waals surface area contributed by atoms with Crippen molar-refractivity contribution in [2.45, 2.75) is 11.8 Å². The van der Waals surface area contributed by atoms with Gasteiger partial charge in [-0.1, -0.05) is 36.4 Å². The first-order valence-corrected chi connectivity index (χ1v) is 10.6. The maximum Gasteiger partial charge on any atom is 0.321 e. The molecule has 0 radical (unpaired) electrons. The van der Waals surface area contributed by atoms with Gasteiger partial charge in [-0.15, -0.1) is 0 Å². The van der Waals surface area contributed by atoms with Crippen LogP contribution in [-0.4, -0.2) is 52.9 Å². The Labute approximate surface area is 181 Å². The fraction of sp³-hybridized carbons (Fsp3) is 0.240. The van der Waals surface area contributed by atoms with Gasteiger partial charge in [-0.2, -0.15) is 0 Å². The number of aromatic nitrogens is 1. The molecular weight excluding hydrogens is 388 g/mol. The number of likely N-dealkylation sites (tertiary alicyclic amines) is 2. The maximum atomic E-state index is 12.5. The lowest BCUT2D eigenvalue weighted by molar-refractivity contribution is 0.0602. The highest BCUT2D eigenvalue weighted by Crippen LogP contribution is 2.30. The summed E-state index contributed by atoms with van der Waals surface area (Å²) in [5, 5.41) is 2.97. The zero-order valence-corrected chi connectivity index (χ0v) is 17.1. The molecule has 0 atom stereocenters. The molecule has 0 spiro atoms. The van der Waals surface area contributed by atoms with Crippen molar-refractivity contribution in [3.05, 3.63) is 95.8 Å². The molecule has 1 N–H and O–H groups in total. The molecule has 6 heteroatoms. The summed E-state index contributed by atoms with van der Waals surface area (Å²) in [5.74, 6) is 0.787. The predicted octanol–water partition coefficient (Wildman–Crippen LogP) is 3.95. The van der Waals surface area contributed by atoms with Crippen LogP contribution in [0.3, 0.4) is 0 Å². The van der Waals surface area contributed by atoms with Crippen molar-refractivity contribution in [2.75, 3.05) is 31.5 Å². The molecule has 0 aliphatic carbocycles. The van der Waals surface area contributed by atoms with Gasteiger partial charge in [0.2, 0.25) is 0 Å². The molecule has 2 aliphatic rings. The largest absolute Gasteiger partial charge is 0.337 e. The quantitative estimate of drug-likeness (QED) is 0.706. The number of nitrogens with zero attached hydrogens (tertiary/aromatic N) is 3. The number of rotatable bonds is 4. The average molecular weight is 412 g/mol. The third kappa shape index (κ3) is 4.01. The monoisotopic (exact) mass is 412 g/mol. The molecule has 2 saturated heterocycles. The average Bonchev–Trinajstić information content (AvgIpc) is 2.74. The van der Waals surface area contributed by atoms with Crippen molar-refractivity contribution in [1.29, 1.82) is 0 Å². The summed E-state index contributed by atoms with van der Waals surface area (Å²) in [4.78, 5) is 32.8. The molecule has 3 amide bonds. The third-order valence-corrected chi connectivity index (χ3v) is 6.15. The van der Waals surface area contributed by atoms with Crippen LogP contribution in [0.4, 0.5) is 10.5 Å². The molecule has 0 saturated carbocycles. The molecule has 2 aromatic carbocycles. The lowest BCUT2D eigenvalue weighted by Crippen LogP contribution is -2.50. The number of benzene rings is 2. The Morgan fingerprint density at radius 2 is 1.45 bits per heavy atom. The predicted molar refractivity (Wildman–Crippen MR) is 119 cm³/mol. The Hall–Kier alpha value is -3.67. The first-order valence-electron chi connectivity index (χ1n) is 10.6. The van der Waals surface area contributed by atoms with Crippen molar-refractivity contribution in [2.24, 2.45) is 0 Å². The standard InChI is InChI=1S/C25H24N4O2/c30-24(19-5-2-1-3-6-19)28-14-21(15-28)18-8-10-23(11-9-18)27-25(31)29-16-22(17-29)20-7-4-12-26-13-20/h1-13,21-22H,14-17H2,(H,27,31). The van der Waals surface area contributed by atoms with Crippen molar-refractivity contribution < 1.29 is 9.59 Å². The van der Waals surface area contributed by atoms with E-state index >= 15 is 0 Å². The van der Waals surface area contributed by atoms with Gasteiger partial charge >= 0.3 is 6.03 Å². The highest BCUT2D eigenvalue weighted by Gasteiger charge is 2.33. The molecule has 2 aliphatic heterocycles. The first kappa shape index (κ1) is 19.3. The van der Waals surface area contributed by atoms with E-state index in [1.807, 2.05) is 76.7 Å². The minimum Gasteiger partial charge on any atom is -0.337 e. The Balaban J connectivity index is 1.10. The fourth-order valence-electron chi connectivity index (χ4n) is 4.13. The second-order valence-corrected chi connectivity index (χ2v) is 8.21. The summed E-state index contributed by atoms with van der Waals surface area (Å²) >= 11 is 0. The van der Waals surface area contributed by atoms with E-state index in [2.05, 4.69) is 16.4 Å². The number of hydrogen-bond donors (Lipinski definition) is 1. The summed E-state index contributed by atoms with van der Waals surface area (Å²) in [6.45, 7) is 2.87. The Morgan fingerprint density at radius 1 is 0.774 bits per heavy atom. The van der Waals surface area contributed by atoms with Crippen LogP contribution in [0.5, 0.6) is 0 Å². The van der Waals surface area contributed by atoms with Gasteiger partial charge in [0.05, 0.1) is 0 Å². The topological polar surface area (TPSA) is 65.5 Å². The van der Waals surface area contributed by atoms with Crippen LogP contribution in [0, 0.1) is 0 Å². The zero-order valence-electron chi connectivity index (χ0n) is 17.1. The summed E-state index contributed by atoms with van der Waals surface area (Å²) < 4.78 is 0. The first-order chi connectivity index (χ1) is 15.2. The maximum absolute atomic E-state index is 12.5. The summed E-state index contributed by atoms with van der Waals surface area (Å²) in [6, 6.07) is 21.3. The number of carbonyl (C=O) groups is 2. The van der Waals surface area contributed by atoms with Crippen molar-refractivity contribution in [3.8, 4) is 0 Å². The third-order valence-electron chi connectivity index (χ3n) is 6.15. The lowest BCUT2D eigenvalue weighted by atomic mass is 9.90. The number of pyridine rings is 1. The second kappa shape index (κ2) is 8.22. The minimum atomic E-state index is -0.0730. The molecule has 156 valence electrons. The van der Waals surface area contributed by atoms with Crippen LogP contribution < -0.4 is 5.32 Å². The Bertz CT molecular complexity index is 1060. The smallest absolute Gasteiger partial charge is 0.321 e. The number of urea groups is 1. The fourth-order valence-corrected chi connectivity index (χ4v) is 4.13. The minimum absolute atomic E-state index is 0.0730. The van der Waals surface area contributed by atoms with E-state index in [9.17, 15) is 9.59 Å². The SMILES string of the molecule is O=C(Nc1ccc(C2CN(C(=O)c3ccccc3)C2)cc1)N1CC(c2cccnc2)C1. The van der Waals surface area contributed by atoms with E-state index in [-0.39, 0.29) is 11.9 Å². The number of anilines is 1. The molecule has 0 bridgehead atoms. The van der Waals surface area contributed by atoms with Crippen LogP contribution >= 0.6 is 0 Å². The Morgan fingerprint density at radius 3 is 2.13 bits per heavy atom. The number of hydrogen-bond acceptors (Lipinski definition) is 3. The van der Waals surface area contributed by atoms with E-state index < -0.39 is 0 Å². The van der Waals surface area contributed by atoms with E-state index in [4.69, 9.17) is 0 Å². The number of carbonyl (C=O) groups excluding carboxylic acids is 2. The van der Waals surface area contributed by atoms with Gasteiger partial charge < -0.3 is 15.1 Å². The van der Waals surface area contributed by atoms with Gasteiger partial charge in [-0.3, -0.25) is 9.78 Å². The highest BCUT2D eigenvalue weighted by atomic mass is 16.2. The van der Waals surface area contributed by atoms with Crippen molar-refractivity contribution in [1.82, 2.24) is 14.8 Å². The van der Waals surface area contributed by atoms with Crippen LogP contribution in [0.15, 0.2) is 79.1 Å². The molecule has 2 fully saturated rings. The summed E-state index contributed by atoms with van der Waals surface area (Å²) in [6.07, 6.45) is 3.63. The van der Waals surface area contributed by atoms with Gasteiger partial charge in [0.25, 0.3) is 5.91 Å². The van der Waals surface area contributed by atoms with Crippen molar-refractivity contribution in [3.63, 3.8) is 0 Å². The van der Waals surface area contributed by atoms with Gasteiger partial charge in [0, 0.05) is 61.7 Å². The highest BCUT2D eigenvalue weighted by molar-refractivity contribution is 5.95. The molecule has 5 rings (SSSR count). The number of nitrogens with one attached hydrogen (secondary N) is 1.